The normalized spacial score (nSPS) is 17.5. The van der Waals surface area contributed by atoms with Gasteiger partial charge in [0, 0.05) is 19.1 Å². The van der Waals surface area contributed by atoms with Crippen LogP contribution < -0.4 is 10.4 Å². The number of hydrogen-bond acceptors (Lipinski definition) is 5. The van der Waals surface area contributed by atoms with E-state index in [0.717, 1.165) is 71.8 Å². The first-order valence-corrected chi connectivity index (χ1v) is 18.7. The van der Waals surface area contributed by atoms with Crippen molar-refractivity contribution in [1.82, 2.24) is 25.2 Å². The summed E-state index contributed by atoms with van der Waals surface area (Å²) in [7, 11) is 1.27. The summed E-state index contributed by atoms with van der Waals surface area (Å²) < 4.78 is 4.80. The van der Waals surface area contributed by atoms with Crippen LogP contribution in [0.25, 0.3) is 32.9 Å². The van der Waals surface area contributed by atoms with E-state index in [2.05, 4.69) is 63.8 Å². The minimum atomic E-state index is -0.730. The molecule has 2 N–H and O–H groups in total. The van der Waals surface area contributed by atoms with E-state index in [1.807, 2.05) is 61.5 Å². The molecule has 8 rings (SSSR count). The molecule has 54 heavy (non-hydrogen) atoms. The minimum absolute atomic E-state index is 0.149. The molecule has 0 unspecified atom stereocenters. The van der Waals surface area contributed by atoms with Gasteiger partial charge in [-0.2, -0.15) is 5.01 Å². The first-order chi connectivity index (χ1) is 26.4. The molecule has 3 heterocycles. The molecule has 10 heteroatoms. The summed E-state index contributed by atoms with van der Waals surface area (Å²) in [5.74, 6) is 0.776. The summed E-state index contributed by atoms with van der Waals surface area (Å²) in [6.45, 7) is 3.36. The molecule has 3 atom stereocenters. The molecule has 10 nitrogen and oxygen atoms in total. The Hall–Kier alpha value is -6.16. The molecular formula is C44H44N6O4. The lowest BCUT2D eigenvalue weighted by molar-refractivity contribution is -0.133. The highest BCUT2D eigenvalue weighted by molar-refractivity contribution is 5.95. The number of nitrogens with one attached hydrogen (secondary N) is 2. The maximum absolute atomic E-state index is 13.9. The molecule has 2 saturated heterocycles. The molecule has 0 bridgehead atoms. The van der Waals surface area contributed by atoms with Gasteiger partial charge in [-0.05, 0) is 102 Å². The molecule has 4 amide bonds. The number of aromatic amines is 1. The number of urea groups is 1. The number of nitrogens with zero attached hydrogens (tertiary/aromatic N) is 4. The summed E-state index contributed by atoms with van der Waals surface area (Å²) in [5.41, 5.74) is 9.28. The largest absolute Gasteiger partial charge is 0.452 e. The highest BCUT2D eigenvalue weighted by atomic mass is 16.5. The molecule has 0 saturated carbocycles. The van der Waals surface area contributed by atoms with Crippen LogP contribution in [0.5, 0.6) is 0 Å². The maximum atomic E-state index is 13.9. The van der Waals surface area contributed by atoms with Crippen LogP contribution in [0.3, 0.4) is 0 Å². The van der Waals surface area contributed by atoms with Crippen LogP contribution in [-0.4, -0.2) is 64.0 Å². The van der Waals surface area contributed by atoms with E-state index in [0.29, 0.717) is 18.1 Å². The number of fused-ring (bicyclic) bond motifs is 2. The zero-order chi connectivity index (χ0) is 37.2. The molecule has 2 fully saturated rings. The quantitative estimate of drug-likeness (QED) is 0.160. The average molecular weight is 721 g/mol. The van der Waals surface area contributed by atoms with Crippen LogP contribution in [0, 0.1) is 0 Å². The number of amides is 4. The van der Waals surface area contributed by atoms with Crippen LogP contribution >= 0.6 is 0 Å². The van der Waals surface area contributed by atoms with E-state index < -0.39 is 6.09 Å². The number of para-hydroxylation sites is 1. The van der Waals surface area contributed by atoms with Gasteiger partial charge in [0.05, 0.1) is 35.8 Å². The Morgan fingerprint density at radius 1 is 0.833 bits per heavy atom. The Bertz CT molecular complexity index is 2310. The fourth-order valence-electron chi connectivity index (χ4n) is 8.06. The molecule has 6 aromatic rings. The third-order valence-corrected chi connectivity index (χ3v) is 10.9. The van der Waals surface area contributed by atoms with Crippen molar-refractivity contribution in [1.29, 1.82) is 0 Å². The van der Waals surface area contributed by atoms with Crippen molar-refractivity contribution in [3.05, 3.63) is 132 Å². The fraction of sp³-hybridized carbons (Fsp3) is 0.273. The van der Waals surface area contributed by atoms with E-state index in [9.17, 15) is 14.4 Å². The van der Waals surface area contributed by atoms with Crippen molar-refractivity contribution in [3.8, 4) is 11.1 Å². The van der Waals surface area contributed by atoms with Crippen LogP contribution in [0.2, 0.25) is 0 Å². The maximum Gasteiger partial charge on any atom is 0.426 e. The van der Waals surface area contributed by atoms with Crippen LogP contribution in [0.1, 0.15) is 61.5 Å². The van der Waals surface area contributed by atoms with Crippen molar-refractivity contribution in [3.63, 3.8) is 0 Å². The topological polar surface area (TPSA) is 111 Å². The third-order valence-electron chi connectivity index (χ3n) is 10.9. The fourth-order valence-corrected chi connectivity index (χ4v) is 8.06. The number of imidazole rings is 1. The number of hydrazine groups is 1. The van der Waals surface area contributed by atoms with E-state index in [1.165, 1.54) is 23.1 Å². The smallest absolute Gasteiger partial charge is 0.426 e. The van der Waals surface area contributed by atoms with Gasteiger partial charge in [0.1, 0.15) is 5.82 Å². The highest BCUT2D eigenvalue weighted by Gasteiger charge is 2.36. The molecule has 5 aromatic carbocycles. The number of benzene rings is 5. The lowest BCUT2D eigenvalue weighted by atomic mass is 9.96. The standard InChI is InChI=1S/C44H44N6O4/c1-29(31-11-5-3-6-12-31)42(51)48-23-9-15-37(48)26-30-17-18-33-27-34(20-19-32(33)25-30)35-21-22-38-39(28-35)46-41(45-38)40-16-10-24-49(40)44(53)50(47-43(52)54-2)36-13-7-4-8-14-36/h3-8,11-14,17-22,25,27-29,37,40H,9-10,15-16,23-24,26H2,1-2H3,(H,45,46)(H,47,52)/t29-,37+,40+/m1/s1. The number of likely N-dealkylation sites (tertiary alicyclic amines) is 2. The molecule has 0 radical (unpaired) electrons. The van der Waals surface area contributed by atoms with E-state index >= 15 is 0 Å². The second-order valence-electron chi connectivity index (χ2n) is 14.3. The number of anilines is 1. The molecule has 2 aliphatic heterocycles. The van der Waals surface area contributed by atoms with E-state index in [4.69, 9.17) is 9.72 Å². The third kappa shape index (κ3) is 6.99. The van der Waals surface area contributed by atoms with Crippen molar-refractivity contribution in [2.45, 2.75) is 57.0 Å². The zero-order valence-corrected chi connectivity index (χ0v) is 30.6. The Kier molecular flexibility index (Phi) is 9.73. The van der Waals surface area contributed by atoms with E-state index in [1.54, 1.807) is 17.0 Å². The SMILES string of the molecule is COC(=O)NN(C(=O)N1CCC[C@H]1c1nc2ccc(-c3ccc4cc(C[C@@H]5CCCN5C(=O)[C@H](C)c5ccccc5)ccc4c3)cc2[nH]1)c1ccccc1. The van der Waals surface area contributed by atoms with E-state index in [-0.39, 0.29) is 29.9 Å². The summed E-state index contributed by atoms with van der Waals surface area (Å²) in [6, 6.07) is 38.0. The Morgan fingerprint density at radius 2 is 1.52 bits per heavy atom. The predicted molar refractivity (Wildman–Crippen MR) is 211 cm³/mol. The highest BCUT2D eigenvalue weighted by Crippen LogP contribution is 2.35. The lowest BCUT2D eigenvalue weighted by Gasteiger charge is -2.30. The van der Waals surface area contributed by atoms with Crippen LogP contribution in [0.15, 0.2) is 115 Å². The number of carbonyl (C=O) groups excluding carboxylic acids is 3. The summed E-state index contributed by atoms with van der Waals surface area (Å²) >= 11 is 0. The summed E-state index contributed by atoms with van der Waals surface area (Å²) in [5, 5.41) is 3.56. The monoisotopic (exact) mass is 720 g/mol. The molecule has 1 aromatic heterocycles. The number of hydrogen-bond donors (Lipinski definition) is 2. The van der Waals surface area contributed by atoms with Crippen molar-refractivity contribution in [2.75, 3.05) is 25.2 Å². The molecule has 274 valence electrons. The van der Waals surface area contributed by atoms with Crippen LogP contribution in [0.4, 0.5) is 15.3 Å². The van der Waals surface area contributed by atoms with Crippen molar-refractivity contribution in [2.24, 2.45) is 0 Å². The number of carbonyl (C=O) groups is 3. The number of rotatable bonds is 7. The number of H-pyrrole nitrogens is 1. The van der Waals surface area contributed by atoms with Gasteiger partial charge in [-0.1, -0.05) is 84.9 Å². The van der Waals surface area contributed by atoms with Gasteiger partial charge in [0.25, 0.3) is 0 Å². The lowest BCUT2D eigenvalue weighted by Crippen LogP contribution is -2.52. The Morgan fingerprint density at radius 3 is 2.31 bits per heavy atom. The van der Waals surface area contributed by atoms with Crippen LogP contribution in [-0.2, 0) is 16.0 Å². The summed E-state index contributed by atoms with van der Waals surface area (Å²) in [4.78, 5) is 51.9. The summed E-state index contributed by atoms with van der Waals surface area (Å²) in [6.07, 6.45) is 3.73. The zero-order valence-electron chi connectivity index (χ0n) is 30.6. The van der Waals surface area contributed by atoms with Gasteiger partial charge in [-0.15, -0.1) is 0 Å². The first-order valence-electron chi connectivity index (χ1n) is 18.7. The number of aromatic nitrogens is 2. The Balaban J connectivity index is 0.982. The molecule has 0 spiro atoms. The van der Waals surface area contributed by atoms with Gasteiger partial charge in [0.2, 0.25) is 5.91 Å². The second kappa shape index (κ2) is 15.1. The van der Waals surface area contributed by atoms with Gasteiger partial charge >= 0.3 is 12.1 Å². The second-order valence-corrected chi connectivity index (χ2v) is 14.3. The minimum Gasteiger partial charge on any atom is -0.452 e. The average Bonchev–Trinajstić information content (AvgIpc) is 3.99. The Labute approximate surface area is 314 Å². The van der Waals surface area contributed by atoms with Gasteiger partial charge in [-0.25, -0.2) is 20.0 Å². The molecule has 2 aliphatic rings. The van der Waals surface area contributed by atoms with Crippen molar-refractivity contribution >= 4 is 45.5 Å². The van der Waals surface area contributed by atoms with Crippen molar-refractivity contribution < 1.29 is 19.1 Å². The first kappa shape index (κ1) is 34.9. The molecular weight excluding hydrogens is 677 g/mol. The van der Waals surface area contributed by atoms with Gasteiger partial charge in [-0.3, -0.25) is 4.79 Å². The van der Waals surface area contributed by atoms with Gasteiger partial charge < -0.3 is 19.5 Å². The van der Waals surface area contributed by atoms with Gasteiger partial charge in [0.15, 0.2) is 0 Å². The predicted octanol–water partition coefficient (Wildman–Crippen LogP) is 8.75. The molecule has 0 aliphatic carbocycles. The number of methoxy groups -OCH3 is 1. The number of ether oxygens (including phenoxy) is 1.